The molecule has 2 rings (SSSR count). The molecule has 0 radical (unpaired) electrons. The van der Waals surface area contributed by atoms with Gasteiger partial charge in [0.05, 0.1) is 16.3 Å². The van der Waals surface area contributed by atoms with Crippen LogP contribution in [0.15, 0.2) is 45.3 Å². The maximum Gasteiger partial charge on any atom is 0.311 e. The van der Waals surface area contributed by atoms with Crippen molar-refractivity contribution in [2.24, 2.45) is 0 Å². The summed E-state index contributed by atoms with van der Waals surface area (Å²) in [4.78, 5) is 31.8. The van der Waals surface area contributed by atoms with Gasteiger partial charge in [-0.1, -0.05) is 37.9 Å². The van der Waals surface area contributed by atoms with Crippen LogP contribution in [0.25, 0.3) is 0 Å². The number of rotatable bonds is 4. The van der Waals surface area contributed by atoms with Gasteiger partial charge in [0.2, 0.25) is 0 Å². The topological polar surface area (TPSA) is 139 Å². The lowest BCUT2D eigenvalue weighted by Crippen LogP contribution is -2.25. The van der Waals surface area contributed by atoms with Crippen LogP contribution in [0, 0.1) is 20.2 Å². The molecule has 0 fully saturated rings. The molecule has 2 N–H and O–H groups in total. The maximum absolute atomic E-state index is 11.6. The summed E-state index contributed by atoms with van der Waals surface area (Å²) in [6.45, 7) is 5.25. The first-order valence-corrected chi connectivity index (χ1v) is 9.73. The molecule has 0 saturated carbocycles. The summed E-state index contributed by atoms with van der Waals surface area (Å²) in [7, 11) is 0. The van der Waals surface area contributed by atoms with Crippen LogP contribution in [-0.2, 0) is 16.0 Å². The smallest absolute Gasteiger partial charge is 0.311 e. The van der Waals surface area contributed by atoms with E-state index in [1.165, 1.54) is 18.2 Å². The average molecular weight is 533 g/mol. The number of hydrogen-bond acceptors (Lipinski definition) is 7. The number of nitrogens with zero attached hydrogens (tertiary/aromatic N) is 2. The lowest BCUT2D eigenvalue weighted by molar-refractivity contribution is -0.385. The summed E-state index contributed by atoms with van der Waals surface area (Å²) < 4.78 is 6.38. The van der Waals surface area contributed by atoms with E-state index in [2.05, 4.69) is 31.9 Å². The fourth-order valence-electron chi connectivity index (χ4n) is 2.06. The third kappa shape index (κ3) is 8.57. The molecule has 0 spiro atoms. The van der Waals surface area contributed by atoms with Crippen molar-refractivity contribution in [1.29, 1.82) is 0 Å². The van der Waals surface area contributed by atoms with Gasteiger partial charge in [-0.05, 0) is 39.0 Å². The molecule has 11 heteroatoms. The number of esters is 1. The molecule has 0 heterocycles. The van der Waals surface area contributed by atoms with Crippen LogP contribution in [0.2, 0.25) is 0 Å². The lowest BCUT2D eigenvalue weighted by Gasteiger charge is -2.19. The fraction of sp³-hybridized carbons (Fsp3) is 0.278. The second-order valence-corrected chi connectivity index (χ2v) is 8.58. The van der Waals surface area contributed by atoms with Crippen molar-refractivity contribution in [3.63, 3.8) is 0 Å². The maximum atomic E-state index is 11.6. The molecular formula is C18H19Br2N3O6. The molecule has 29 heavy (non-hydrogen) atoms. The Kier molecular flexibility index (Phi) is 8.71. The molecule has 0 aliphatic heterocycles. The molecule has 2 aromatic carbocycles. The lowest BCUT2D eigenvalue weighted by atomic mass is 10.1. The van der Waals surface area contributed by atoms with E-state index in [1.807, 2.05) is 0 Å². The highest BCUT2D eigenvalue weighted by Gasteiger charge is 2.21. The predicted molar refractivity (Wildman–Crippen MR) is 116 cm³/mol. The SMILES string of the molecule is CC(C)(C)OC(=O)Cc1ccc(Br)cc1[N+](=O)[O-].Nc1ccc(Br)cc1[N+](=O)[O-]. The highest BCUT2D eigenvalue weighted by atomic mass is 79.9. The van der Waals surface area contributed by atoms with Crippen LogP contribution in [-0.4, -0.2) is 21.4 Å². The van der Waals surface area contributed by atoms with Gasteiger partial charge in [-0.15, -0.1) is 0 Å². The van der Waals surface area contributed by atoms with E-state index in [9.17, 15) is 25.0 Å². The Morgan fingerprint density at radius 3 is 1.93 bits per heavy atom. The summed E-state index contributed by atoms with van der Waals surface area (Å²) in [5.74, 6) is -0.479. The van der Waals surface area contributed by atoms with Crippen LogP contribution >= 0.6 is 31.9 Å². The van der Waals surface area contributed by atoms with Crippen molar-refractivity contribution in [2.45, 2.75) is 32.8 Å². The summed E-state index contributed by atoms with van der Waals surface area (Å²) in [5, 5.41) is 21.2. The molecule has 0 aliphatic carbocycles. The molecule has 0 bridgehead atoms. The molecule has 2 aromatic rings. The second kappa shape index (κ2) is 10.3. The molecule has 0 unspecified atom stereocenters. The van der Waals surface area contributed by atoms with Crippen molar-refractivity contribution in [2.75, 3.05) is 5.73 Å². The normalized spacial score (nSPS) is 10.5. The Hall–Kier alpha value is -2.53. The molecule has 0 aromatic heterocycles. The van der Waals surface area contributed by atoms with Gasteiger partial charge >= 0.3 is 5.97 Å². The molecule has 0 amide bonds. The van der Waals surface area contributed by atoms with Gasteiger partial charge in [-0.3, -0.25) is 25.0 Å². The summed E-state index contributed by atoms with van der Waals surface area (Å²) in [6.07, 6.45) is -0.110. The van der Waals surface area contributed by atoms with Crippen LogP contribution in [0.4, 0.5) is 17.1 Å². The zero-order valence-corrected chi connectivity index (χ0v) is 19.0. The Morgan fingerprint density at radius 2 is 1.48 bits per heavy atom. The first kappa shape index (κ1) is 24.5. The highest BCUT2D eigenvalue weighted by molar-refractivity contribution is 9.10. The number of ether oxygens (including phenoxy) is 1. The van der Waals surface area contributed by atoms with E-state index in [1.54, 1.807) is 39.0 Å². The first-order valence-electron chi connectivity index (χ1n) is 8.14. The number of halogens is 2. The van der Waals surface area contributed by atoms with Gasteiger partial charge in [-0.2, -0.15) is 0 Å². The van der Waals surface area contributed by atoms with Crippen molar-refractivity contribution in [3.05, 3.63) is 71.1 Å². The monoisotopic (exact) mass is 531 g/mol. The molecule has 0 aliphatic rings. The average Bonchev–Trinajstić information content (AvgIpc) is 2.57. The minimum absolute atomic E-state index is 0.0700. The molecule has 156 valence electrons. The highest BCUT2D eigenvalue weighted by Crippen LogP contribution is 2.25. The van der Waals surface area contributed by atoms with E-state index in [0.29, 0.717) is 14.5 Å². The Morgan fingerprint density at radius 1 is 1.00 bits per heavy atom. The minimum Gasteiger partial charge on any atom is -0.460 e. The van der Waals surface area contributed by atoms with Crippen LogP contribution < -0.4 is 5.73 Å². The van der Waals surface area contributed by atoms with Gasteiger partial charge in [0, 0.05) is 26.6 Å². The Balaban J connectivity index is 0.000000326. The van der Waals surface area contributed by atoms with Crippen LogP contribution in [0.3, 0.4) is 0 Å². The summed E-state index contributed by atoms with van der Waals surface area (Å²) in [6, 6.07) is 9.10. The van der Waals surface area contributed by atoms with E-state index >= 15 is 0 Å². The predicted octanol–water partition coefficient (Wildman–Crippen LogP) is 5.18. The van der Waals surface area contributed by atoms with Crippen LogP contribution in [0.1, 0.15) is 26.3 Å². The number of carbonyl (C=O) groups excluding carboxylic acids is 1. The van der Waals surface area contributed by atoms with Crippen molar-refractivity contribution >= 4 is 54.9 Å². The number of nitro benzene ring substituents is 2. The Bertz CT molecular complexity index is 928. The molecule has 0 saturated heterocycles. The number of benzene rings is 2. The molecule has 0 atom stereocenters. The van der Waals surface area contributed by atoms with E-state index in [0.717, 1.165) is 0 Å². The van der Waals surface area contributed by atoms with Gasteiger partial charge in [0.15, 0.2) is 0 Å². The van der Waals surface area contributed by atoms with E-state index in [4.69, 9.17) is 10.5 Å². The number of hydrogen-bond donors (Lipinski definition) is 1. The standard InChI is InChI=1S/C12H14BrNO4.C6H5BrN2O2/c1-12(2,3)18-11(15)6-8-4-5-9(13)7-10(8)14(16)17;7-4-1-2-5(8)6(3-4)9(10)11/h4-5,7H,6H2,1-3H3;1-3H,8H2. The van der Waals surface area contributed by atoms with Gasteiger partial charge in [0.1, 0.15) is 11.3 Å². The number of nitrogens with two attached hydrogens (primary N) is 1. The fourth-order valence-corrected chi connectivity index (χ4v) is 2.76. The van der Waals surface area contributed by atoms with Gasteiger partial charge in [-0.25, -0.2) is 0 Å². The largest absolute Gasteiger partial charge is 0.460 e. The van der Waals surface area contributed by atoms with Gasteiger partial charge < -0.3 is 10.5 Å². The van der Waals surface area contributed by atoms with Crippen molar-refractivity contribution < 1.29 is 19.4 Å². The summed E-state index contributed by atoms with van der Waals surface area (Å²) in [5.41, 5.74) is 5.10. The van der Waals surface area contributed by atoms with Crippen LogP contribution in [0.5, 0.6) is 0 Å². The third-order valence-corrected chi connectivity index (χ3v) is 4.17. The number of carbonyl (C=O) groups is 1. The summed E-state index contributed by atoms with van der Waals surface area (Å²) >= 11 is 6.26. The minimum atomic E-state index is -0.596. The quantitative estimate of drug-likeness (QED) is 0.247. The zero-order valence-electron chi connectivity index (χ0n) is 15.8. The second-order valence-electron chi connectivity index (χ2n) is 6.75. The van der Waals surface area contributed by atoms with E-state index in [-0.39, 0.29) is 23.5 Å². The van der Waals surface area contributed by atoms with Gasteiger partial charge in [0.25, 0.3) is 11.4 Å². The number of nitrogen functional groups attached to an aromatic ring is 1. The molecule has 9 nitrogen and oxygen atoms in total. The third-order valence-electron chi connectivity index (χ3n) is 3.19. The molecular weight excluding hydrogens is 514 g/mol. The number of nitro groups is 2. The number of anilines is 1. The van der Waals surface area contributed by atoms with Crippen molar-refractivity contribution in [1.82, 2.24) is 0 Å². The van der Waals surface area contributed by atoms with E-state index < -0.39 is 21.4 Å². The Labute approximate surface area is 183 Å². The zero-order chi connectivity index (χ0) is 22.4. The first-order chi connectivity index (χ1) is 13.3. The van der Waals surface area contributed by atoms with Crippen molar-refractivity contribution in [3.8, 4) is 0 Å².